The van der Waals surface area contributed by atoms with Gasteiger partial charge in [0.15, 0.2) is 12.7 Å². The number of benzene rings is 2. The molecule has 2 atom stereocenters. The van der Waals surface area contributed by atoms with E-state index in [1.807, 2.05) is 37.3 Å². The first-order chi connectivity index (χ1) is 12.4. The largest absolute Gasteiger partial charge is 0.477 e. The summed E-state index contributed by atoms with van der Waals surface area (Å²) in [5, 5.41) is 3.51. The quantitative estimate of drug-likeness (QED) is 0.714. The summed E-state index contributed by atoms with van der Waals surface area (Å²) in [6.07, 6.45) is -0.923. The Labute approximate surface area is 162 Å². The van der Waals surface area contributed by atoms with E-state index in [1.54, 1.807) is 12.1 Å². The summed E-state index contributed by atoms with van der Waals surface area (Å²) in [5.74, 6) is -0.757. The van der Waals surface area contributed by atoms with Crippen molar-refractivity contribution >= 4 is 35.1 Å². The minimum absolute atomic E-state index is 0.191. The SMILES string of the molecule is C[C@H](Oc1ccc(Cl)cc1Cl)C(=O)OCC(=O)N[C@@H](C)c1ccccc1. The van der Waals surface area contributed by atoms with Gasteiger partial charge in [-0.15, -0.1) is 0 Å². The van der Waals surface area contributed by atoms with E-state index in [2.05, 4.69) is 5.32 Å². The van der Waals surface area contributed by atoms with Gasteiger partial charge in [0, 0.05) is 5.02 Å². The highest BCUT2D eigenvalue weighted by Gasteiger charge is 2.19. The maximum atomic E-state index is 12.0. The number of ether oxygens (including phenoxy) is 2. The zero-order chi connectivity index (χ0) is 19.1. The number of hydrogen-bond donors (Lipinski definition) is 1. The van der Waals surface area contributed by atoms with Crippen molar-refractivity contribution in [3.8, 4) is 5.75 Å². The topological polar surface area (TPSA) is 64.6 Å². The van der Waals surface area contributed by atoms with Crippen LogP contribution in [0.15, 0.2) is 48.5 Å². The van der Waals surface area contributed by atoms with E-state index in [0.717, 1.165) is 5.56 Å². The zero-order valence-corrected chi connectivity index (χ0v) is 15.9. The van der Waals surface area contributed by atoms with E-state index in [0.29, 0.717) is 10.8 Å². The normalized spacial score (nSPS) is 12.8. The Kier molecular flexibility index (Phi) is 7.30. The van der Waals surface area contributed by atoms with Crippen LogP contribution >= 0.6 is 23.2 Å². The summed E-state index contributed by atoms with van der Waals surface area (Å²) in [6, 6.07) is 14.0. The number of halogens is 2. The molecule has 0 aliphatic heterocycles. The van der Waals surface area contributed by atoms with Gasteiger partial charge in [0.25, 0.3) is 5.91 Å². The summed E-state index contributed by atoms with van der Waals surface area (Å²) < 4.78 is 10.4. The molecule has 0 saturated heterocycles. The van der Waals surface area contributed by atoms with Gasteiger partial charge in [-0.1, -0.05) is 53.5 Å². The first kappa shape index (κ1) is 20.1. The summed E-state index contributed by atoms with van der Waals surface area (Å²) >= 11 is 11.8. The van der Waals surface area contributed by atoms with Gasteiger partial charge in [-0.05, 0) is 37.6 Å². The van der Waals surface area contributed by atoms with Crippen LogP contribution in [0.3, 0.4) is 0 Å². The highest BCUT2D eigenvalue weighted by molar-refractivity contribution is 6.35. The fraction of sp³-hybridized carbons (Fsp3) is 0.263. The Morgan fingerprint density at radius 1 is 1.08 bits per heavy atom. The smallest absolute Gasteiger partial charge is 0.347 e. The van der Waals surface area contributed by atoms with Crippen LogP contribution in [0.5, 0.6) is 5.75 Å². The maximum Gasteiger partial charge on any atom is 0.347 e. The molecular formula is C19H19Cl2NO4. The van der Waals surface area contributed by atoms with Crippen molar-refractivity contribution in [1.82, 2.24) is 5.32 Å². The average Bonchev–Trinajstić information content (AvgIpc) is 2.62. The lowest BCUT2D eigenvalue weighted by Gasteiger charge is -2.16. The van der Waals surface area contributed by atoms with Crippen LogP contribution in [0.1, 0.15) is 25.5 Å². The molecule has 0 radical (unpaired) electrons. The predicted octanol–water partition coefficient (Wildman–Crippen LogP) is 4.18. The van der Waals surface area contributed by atoms with Crippen LogP contribution in [-0.2, 0) is 14.3 Å². The lowest BCUT2D eigenvalue weighted by atomic mass is 10.1. The van der Waals surface area contributed by atoms with Crippen LogP contribution in [0.25, 0.3) is 0 Å². The van der Waals surface area contributed by atoms with Gasteiger partial charge in [0.05, 0.1) is 11.1 Å². The summed E-state index contributed by atoms with van der Waals surface area (Å²) in [7, 11) is 0. The van der Waals surface area contributed by atoms with E-state index in [9.17, 15) is 9.59 Å². The molecule has 26 heavy (non-hydrogen) atoms. The molecule has 2 rings (SSSR count). The third kappa shape index (κ3) is 5.93. The molecule has 0 fully saturated rings. The third-order valence-electron chi connectivity index (χ3n) is 3.55. The van der Waals surface area contributed by atoms with Crippen molar-refractivity contribution < 1.29 is 19.1 Å². The summed E-state index contributed by atoms with van der Waals surface area (Å²) in [4.78, 5) is 23.9. The van der Waals surface area contributed by atoms with Gasteiger partial charge in [-0.25, -0.2) is 4.79 Å². The fourth-order valence-electron chi connectivity index (χ4n) is 2.17. The number of esters is 1. The van der Waals surface area contributed by atoms with Crippen LogP contribution in [0.4, 0.5) is 0 Å². The minimum Gasteiger partial charge on any atom is -0.477 e. The van der Waals surface area contributed by atoms with E-state index < -0.39 is 24.6 Å². The molecule has 0 heterocycles. The molecule has 2 aromatic carbocycles. The average molecular weight is 396 g/mol. The van der Waals surface area contributed by atoms with Gasteiger partial charge in [0.1, 0.15) is 5.75 Å². The standard InChI is InChI=1S/C19H19Cl2NO4/c1-12(14-6-4-3-5-7-14)22-18(23)11-25-19(24)13(2)26-17-9-8-15(20)10-16(17)21/h3-10,12-13H,11H2,1-2H3,(H,22,23)/t12-,13-/m0/s1. The minimum atomic E-state index is -0.923. The number of carbonyl (C=O) groups excluding carboxylic acids is 2. The summed E-state index contributed by atoms with van der Waals surface area (Å²) in [5.41, 5.74) is 0.959. The molecule has 138 valence electrons. The monoisotopic (exact) mass is 395 g/mol. The first-order valence-corrected chi connectivity index (χ1v) is 8.75. The van der Waals surface area contributed by atoms with E-state index >= 15 is 0 Å². The molecule has 0 aliphatic carbocycles. The molecule has 0 aromatic heterocycles. The first-order valence-electron chi connectivity index (χ1n) is 7.99. The van der Waals surface area contributed by atoms with Crippen molar-refractivity contribution in [2.75, 3.05) is 6.61 Å². The highest BCUT2D eigenvalue weighted by Crippen LogP contribution is 2.28. The molecule has 2 aromatic rings. The second-order valence-electron chi connectivity index (χ2n) is 5.64. The number of carbonyl (C=O) groups is 2. The molecule has 5 nitrogen and oxygen atoms in total. The third-order valence-corrected chi connectivity index (χ3v) is 4.08. The van der Waals surface area contributed by atoms with Crippen molar-refractivity contribution in [2.24, 2.45) is 0 Å². The van der Waals surface area contributed by atoms with E-state index in [4.69, 9.17) is 32.7 Å². The lowest BCUT2D eigenvalue weighted by molar-refractivity contribution is -0.154. The Hall–Kier alpha value is -2.24. The predicted molar refractivity (Wildman–Crippen MR) is 101 cm³/mol. The van der Waals surface area contributed by atoms with Crippen LogP contribution in [0, 0.1) is 0 Å². The van der Waals surface area contributed by atoms with E-state index in [-0.39, 0.29) is 11.1 Å². The molecular weight excluding hydrogens is 377 g/mol. The Bertz CT molecular complexity index is 767. The number of amides is 1. The zero-order valence-electron chi connectivity index (χ0n) is 14.4. The lowest BCUT2D eigenvalue weighted by Crippen LogP contribution is -2.34. The second-order valence-corrected chi connectivity index (χ2v) is 6.49. The van der Waals surface area contributed by atoms with Crippen molar-refractivity contribution in [1.29, 1.82) is 0 Å². The van der Waals surface area contributed by atoms with Crippen molar-refractivity contribution in [3.05, 3.63) is 64.1 Å². The van der Waals surface area contributed by atoms with Gasteiger partial charge in [0.2, 0.25) is 0 Å². The number of rotatable bonds is 7. The molecule has 0 saturated carbocycles. The van der Waals surface area contributed by atoms with Crippen molar-refractivity contribution in [3.63, 3.8) is 0 Å². The molecule has 0 unspecified atom stereocenters. The van der Waals surface area contributed by atoms with Crippen LogP contribution < -0.4 is 10.1 Å². The van der Waals surface area contributed by atoms with Gasteiger partial charge < -0.3 is 14.8 Å². The van der Waals surface area contributed by atoms with Crippen LogP contribution in [0.2, 0.25) is 10.0 Å². The number of hydrogen-bond acceptors (Lipinski definition) is 4. The maximum absolute atomic E-state index is 12.0. The van der Waals surface area contributed by atoms with Gasteiger partial charge in [-0.2, -0.15) is 0 Å². The molecule has 1 N–H and O–H groups in total. The van der Waals surface area contributed by atoms with E-state index in [1.165, 1.54) is 13.0 Å². The molecule has 0 aliphatic rings. The molecule has 0 bridgehead atoms. The second kappa shape index (κ2) is 9.46. The Morgan fingerprint density at radius 2 is 1.77 bits per heavy atom. The van der Waals surface area contributed by atoms with Crippen molar-refractivity contribution in [2.45, 2.75) is 26.0 Å². The molecule has 1 amide bonds. The number of nitrogens with one attached hydrogen (secondary N) is 1. The highest BCUT2D eigenvalue weighted by atomic mass is 35.5. The van der Waals surface area contributed by atoms with Gasteiger partial charge in [-0.3, -0.25) is 4.79 Å². The fourth-order valence-corrected chi connectivity index (χ4v) is 2.62. The molecule has 0 spiro atoms. The molecule has 7 heteroatoms. The van der Waals surface area contributed by atoms with Crippen LogP contribution in [-0.4, -0.2) is 24.6 Å². The van der Waals surface area contributed by atoms with Gasteiger partial charge >= 0.3 is 5.97 Å². The Morgan fingerprint density at radius 3 is 2.42 bits per heavy atom. The summed E-state index contributed by atoms with van der Waals surface area (Å²) in [6.45, 7) is 2.97. The Balaban J connectivity index is 1.80.